The molecule has 0 N–H and O–H groups in total. The Hall–Kier alpha value is -1.52. The van der Waals surface area contributed by atoms with E-state index in [1.807, 2.05) is 31.2 Å². The summed E-state index contributed by atoms with van der Waals surface area (Å²) < 4.78 is 27.7. The molecule has 100 valence electrons. The Morgan fingerprint density at radius 2 is 1.42 bits per heavy atom. The minimum atomic E-state index is -3.66. The minimum Gasteiger partial charge on any atom is -0.494 e. The van der Waals surface area contributed by atoms with Gasteiger partial charge in [-0.25, -0.2) is 8.42 Å². The molecule has 0 atom stereocenters. The summed E-state index contributed by atoms with van der Waals surface area (Å²) in [6.07, 6.45) is 0. The average Bonchev–Trinajstić information content (AvgIpc) is 2.39. The maximum Gasteiger partial charge on any atom is 0.261 e. The van der Waals surface area contributed by atoms with Crippen LogP contribution in [0.25, 0.3) is 11.1 Å². The van der Waals surface area contributed by atoms with Crippen molar-refractivity contribution < 1.29 is 13.2 Å². The van der Waals surface area contributed by atoms with Gasteiger partial charge in [0.2, 0.25) is 0 Å². The predicted molar refractivity (Wildman–Crippen MR) is 76.1 cm³/mol. The Balaban J connectivity index is 2.27. The van der Waals surface area contributed by atoms with Crippen LogP contribution in [0.2, 0.25) is 0 Å². The summed E-state index contributed by atoms with van der Waals surface area (Å²) in [4.78, 5) is 0.101. The Morgan fingerprint density at radius 3 is 1.84 bits per heavy atom. The highest BCUT2D eigenvalue weighted by molar-refractivity contribution is 8.13. The number of halogens is 1. The molecule has 0 saturated carbocycles. The highest BCUT2D eigenvalue weighted by atomic mass is 35.7. The summed E-state index contributed by atoms with van der Waals surface area (Å²) in [6, 6.07) is 14.1. The normalized spacial score (nSPS) is 11.3. The van der Waals surface area contributed by atoms with Crippen molar-refractivity contribution in [1.29, 1.82) is 0 Å². The van der Waals surface area contributed by atoms with Crippen molar-refractivity contribution in [2.75, 3.05) is 6.61 Å². The fourth-order valence-electron chi connectivity index (χ4n) is 1.72. The van der Waals surface area contributed by atoms with Crippen LogP contribution in [0.1, 0.15) is 6.92 Å². The zero-order chi connectivity index (χ0) is 13.9. The monoisotopic (exact) mass is 296 g/mol. The van der Waals surface area contributed by atoms with E-state index in [9.17, 15) is 8.42 Å². The standard InChI is InChI=1S/C14H13ClO3S/c1-2-18-13-7-3-11(4-8-13)12-5-9-14(10-6-12)19(15,16)17/h3-10H,2H2,1H3. The van der Waals surface area contributed by atoms with Crippen LogP contribution in [0.4, 0.5) is 0 Å². The number of hydrogen-bond acceptors (Lipinski definition) is 3. The van der Waals surface area contributed by atoms with Crippen LogP contribution in [0.5, 0.6) is 5.75 Å². The van der Waals surface area contributed by atoms with Gasteiger partial charge < -0.3 is 4.74 Å². The molecule has 0 unspecified atom stereocenters. The molecule has 2 aromatic carbocycles. The van der Waals surface area contributed by atoms with Crippen molar-refractivity contribution in [3.63, 3.8) is 0 Å². The molecule has 5 heteroatoms. The minimum absolute atomic E-state index is 0.101. The lowest BCUT2D eigenvalue weighted by Crippen LogP contribution is -1.91. The van der Waals surface area contributed by atoms with Gasteiger partial charge in [-0.05, 0) is 42.3 Å². The van der Waals surface area contributed by atoms with Crippen molar-refractivity contribution >= 4 is 19.7 Å². The molecule has 2 aromatic rings. The topological polar surface area (TPSA) is 43.4 Å². The molecule has 2 rings (SSSR count). The zero-order valence-corrected chi connectivity index (χ0v) is 11.9. The third kappa shape index (κ3) is 3.49. The average molecular weight is 297 g/mol. The third-order valence-electron chi connectivity index (χ3n) is 2.63. The highest BCUT2D eigenvalue weighted by Gasteiger charge is 2.09. The lowest BCUT2D eigenvalue weighted by Gasteiger charge is -2.05. The SMILES string of the molecule is CCOc1ccc(-c2ccc(S(=O)(=O)Cl)cc2)cc1. The summed E-state index contributed by atoms with van der Waals surface area (Å²) in [6.45, 7) is 2.56. The van der Waals surface area contributed by atoms with Crippen LogP contribution in [-0.4, -0.2) is 15.0 Å². The van der Waals surface area contributed by atoms with Gasteiger partial charge in [0, 0.05) is 10.7 Å². The molecule has 0 spiro atoms. The first kappa shape index (κ1) is 13.9. The first-order valence-electron chi connectivity index (χ1n) is 5.78. The number of ether oxygens (including phenoxy) is 1. The molecule has 0 aromatic heterocycles. The van der Waals surface area contributed by atoms with E-state index < -0.39 is 9.05 Å². The maximum atomic E-state index is 11.1. The van der Waals surface area contributed by atoms with Gasteiger partial charge in [-0.2, -0.15) is 0 Å². The molecule has 0 aliphatic rings. The Labute approximate surface area is 117 Å². The van der Waals surface area contributed by atoms with E-state index in [-0.39, 0.29) is 4.90 Å². The van der Waals surface area contributed by atoms with Crippen molar-refractivity contribution in [3.05, 3.63) is 48.5 Å². The number of hydrogen-bond donors (Lipinski definition) is 0. The van der Waals surface area contributed by atoms with E-state index in [0.29, 0.717) is 6.61 Å². The first-order valence-corrected chi connectivity index (χ1v) is 8.09. The summed E-state index contributed by atoms with van der Waals surface area (Å²) in [5.74, 6) is 0.811. The number of benzene rings is 2. The quantitative estimate of drug-likeness (QED) is 0.808. The van der Waals surface area contributed by atoms with Gasteiger partial charge in [-0.15, -0.1) is 0 Å². The smallest absolute Gasteiger partial charge is 0.261 e. The molecule has 0 amide bonds. The zero-order valence-electron chi connectivity index (χ0n) is 10.3. The summed E-state index contributed by atoms with van der Waals surface area (Å²) >= 11 is 0. The van der Waals surface area contributed by atoms with Gasteiger partial charge in [-0.1, -0.05) is 24.3 Å². The molecule has 0 aliphatic heterocycles. The van der Waals surface area contributed by atoms with E-state index in [2.05, 4.69) is 0 Å². The maximum absolute atomic E-state index is 11.1. The molecule has 19 heavy (non-hydrogen) atoms. The Bertz CT molecular complexity index is 646. The van der Waals surface area contributed by atoms with Gasteiger partial charge in [0.15, 0.2) is 0 Å². The summed E-state index contributed by atoms with van der Waals surface area (Å²) in [7, 11) is 1.60. The lowest BCUT2D eigenvalue weighted by molar-refractivity contribution is 0.340. The van der Waals surface area contributed by atoms with Crippen molar-refractivity contribution in [2.45, 2.75) is 11.8 Å². The van der Waals surface area contributed by atoms with E-state index >= 15 is 0 Å². The van der Waals surface area contributed by atoms with Gasteiger partial charge in [0.05, 0.1) is 11.5 Å². The van der Waals surface area contributed by atoms with E-state index in [1.165, 1.54) is 12.1 Å². The van der Waals surface area contributed by atoms with Gasteiger partial charge >= 0.3 is 0 Å². The summed E-state index contributed by atoms with van der Waals surface area (Å²) in [5, 5.41) is 0. The molecule has 0 fully saturated rings. The Kier molecular flexibility index (Phi) is 4.12. The predicted octanol–water partition coefficient (Wildman–Crippen LogP) is 3.68. The molecule has 0 bridgehead atoms. The highest BCUT2D eigenvalue weighted by Crippen LogP contribution is 2.24. The largest absolute Gasteiger partial charge is 0.494 e. The van der Waals surface area contributed by atoms with E-state index in [0.717, 1.165) is 16.9 Å². The molecule has 0 heterocycles. The fraction of sp³-hybridized carbons (Fsp3) is 0.143. The van der Waals surface area contributed by atoms with Gasteiger partial charge in [-0.3, -0.25) is 0 Å². The molecule has 0 aliphatic carbocycles. The van der Waals surface area contributed by atoms with Gasteiger partial charge in [0.1, 0.15) is 5.75 Å². The molecule has 0 saturated heterocycles. The lowest BCUT2D eigenvalue weighted by atomic mass is 10.1. The second-order valence-electron chi connectivity index (χ2n) is 3.92. The van der Waals surface area contributed by atoms with Crippen LogP contribution >= 0.6 is 10.7 Å². The van der Waals surface area contributed by atoms with Crippen molar-refractivity contribution in [3.8, 4) is 16.9 Å². The van der Waals surface area contributed by atoms with Crippen LogP contribution in [0.3, 0.4) is 0 Å². The van der Waals surface area contributed by atoms with E-state index in [4.69, 9.17) is 15.4 Å². The molecule has 0 radical (unpaired) electrons. The molecular formula is C14H13ClO3S. The summed E-state index contributed by atoms with van der Waals surface area (Å²) in [5.41, 5.74) is 1.91. The molecular weight excluding hydrogens is 284 g/mol. The van der Waals surface area contributed by atoms with Crippen molar-refractivity contribution in [1.82, 2.24) is 0 Å². The first-order chi connectivity index (χ1) is 9.00. The van der Waals surface area contributed by atoms with Crippen LogP contribution in [0, 0.1) is 0 Å². The second-order valence-corrected chi connectivity index (χ2v) is 6.49. The van der Waals surface area contributed by atoms with Crippen LogP contribution < -0.4 is 4.74 Å². The van der Waals surface area contributed by atoms with Gasteiger partial charge in [0.25, 0.3) is 9.05 Å². The third-order valence-corrected chi connectivity index (χ3v) is 4.00. The van der Waals surface area contributed by atoms with Crippen molar-refractivity contribution in [2.24, 2.45) is 0 Å². The fourth-order valence-corrected chi connectivity index (χ4v) is 2.49. The van der Waals surface area contributed by atoms with Crippen LogP contribution in [0.15, 0.2) is 53.4 Å². The van der Waals surface area contributed by atoms with E-state index in [1.54, 1.807) is 12.1 Å². The van der Waals surface area contributed by atoms with Crippen LogP contribution in [-0.2, 0) is 9.05 Å². The molecule has 3 nitrogen and oxygen atoms in total. The Morgan fingerprint density at radius 1 is 0.947 bits per heavy atom. The second kappa shape index (κ2) is 5.63. The number of rotatable bonds is 4.